The van der Waals surface area contributed by atoms with Crippen LogP contribution in [0.4, 0.5) is 10.5 Å². The summed E-state index contributed by atoms with van der Waals surface area (Å²) < 4.78 is 28.1. The van der Waals surface area contributed by atoms with E-state index in [1.165, 1.54) is 11.1 Å². The Labute approximate surface area is 202 Å². The van der Waals surface area contributed by atoms with Crippen molar-refractivity contribution in [1.29, 1.82) is 0 Å². The largest absolute Gasteiger partial charge is 1.00 e. The average Bonchev–Trinajstić information content (AvgIpc) is 3.18. The van der Waals surface area contributed by atoms with Gasteiger partial charge < -0.3 is 15.1 Å². The topological polar surface area (TPSA) is 101 Å². The first-order chi connectivity index (χ1) is 12.5. The minimum atomic E-state index is -3.83. The molecule has 1 fully saturated rings. The molecule has 27 heavy (non-hydrogen) atoms. The van der Waals surface area contributed by atoms with Gasteiger partial charge in [-0.3, -0.25) is 9.69 Å². The third-order valence-electron chi connectivity index (χ3n) is 5.68. The average molecular weight is 418 g/mol. The molecule has 7 nitrogen and oxygen atoms in total. The maximum Gasteiger partial charge on any atom is 1.00 e. The van der Waals surface area contributed by atoms with E-state index in [4.69, 9.17) is 5.11 Å². The predicted molar refractivity (Wildman–Crippen MR) is 99.1 cm³/mol. The number of fused-ring (bicyclic) bond motifs is 2. The van der Waals surface area contributed by atoms with Crippen molar-refractivity contribution in [3.8, 4) is 0 Å². The van der Waals surface area contributed by atoms with Gasteiger partial charge in [0.05, 0.1) is 11.9 Å². The number of aliphatic hydroxyl groups excluding tert-OH is 1. The van der Waals surface area contributed by atoms with Gasteiger partial charge in [0.1, 0.15) is 0 Å². The molecule has 2 amide bonds. The van der Waals surface area contributed by atoms with Gasteiger partial charge in [-0.25, -0.2) is 8.42 Å². The third-order valence-corrected chi connectivity index (χ3v) is 7.24. The van der Waals surface area contributed by atoms with E-state index in [0.717, 1.165) is 55.3 Å². The Morgan fingerprint density at radius 3 is 2.30 bits per heavy atom. The number of aryl methyl sites for hydroxylation is 2. The Bertz CT molecular complexity index is 805. The number of likely N-dealkylation sites (tertiary alicyclic amines) is 1. The predicted octanol–water partition coefficient (Wildman–Crippen LogP) is -1.42. The van der Waals surface area contributed by atoms with Crippen LogP contribution in [0.5, 0.6) is 0 Å². The molecule has 1 saturated heterocycles. The van der Waals surface area contributed by atoms with Crippen LogP contribution in [0.3, 0.4) is 0 Å². The Kier molecular flexibility index (Phi) is 7.06. The summed E-state index contributed by atoms with van der Waals surface area (Å²) in [7, 11) is -3.83. The van der Waals surface area contributed by atoms with E-state index in [0.29, 0.717) is 19.6 Å². The van der Waals surface area contributed by atoms with Gasteiger partial charge in [-0.2, -0.15) is 0 Å². The number of urea groups is 1. The number of carbonyl (C=O) groups excluding carboxylic acids is 1. The molecule has 0 aromatic heterocycles. The van der Waals surface area contributed by atoms with Gasteiger partial charge in [0.15, 0.2) is 16.1 Å². The fourth-order valence-electron chi connectivity index (χ4n) is 4.32. The number of anilines is 1. The fraction of sp³-hybridized carbons (Fsp3) is 0.611. The molecule has 4 rings (SSSR count). The molecule has 1 aliphatic heterocycles. The summed E-state index contributed by atoms with van der Waals surface area (Å²) in [5.74, 6) is 0. The number of sulfonamides is 1. The third kappa shape index (κ3) is 4.45. The Hall–Kier alpha value is -0.00364. The van der Waals surface area contributed by atoms with Crippen LogP contribution in [0.1, 0.15) is 35.1 Å². The number of carbonyl (C=O) groups is 1. The molecule has 0 radical (unpaired) electrons. The molecule has 142 valence electrons. The van der Waals surface area contributed by atoms with Gasteiger partial charge in [0.25, 0.3) is 0 Å². The number of rotatable bonds is 5. The quantitative estimate of drug-likeness (QED) is 0.573. The molecule has 9 heteroatoms. The van der Waals surface area contributed by atoms with Gasteiger partial charge in [-0.15, -0.1) is 0 Å². The zero-order valence-electron chi connectivity index (χ0n) is 15.7. The van der Waals surface area contributed by atoms with Gasteiger partial charge in [0.2, 0.25) is 0 Å². The van der Waals surface area contributed by atoms with Crippen molar-refractivity contribution >= 4 is 21.7 Å². The second kappa shape index (κ2) is 8.79. The number of benzene rings is 1. The molecule has 0 spiro atoms. The molecule has 0 bridgehead atoms. The van der Waals surface area contributed by atoms with E-state index in [1.807, 2.05) is 4.90 Å². The summed E-state index contributed by atoms with van der Waals surface area (Å²) in [6.45, 7) is 1.07. The van der Waals surface area contributed by atoms with Crippen LogP contribution >= 0.6 is 0 Å². The molecule has 1 aromatic rings. The molecule has 0 saturated carbocycles. The van der Waals surface area contributed by atoms with Crippen molar-refractivity contribution in [2.45, 2.75) is 43.8 Å². The second-order valence-corrected chi connectivity index (χ2v) is 9.25. The van der Waals surface area contributed by atoms with Crippen LogP contribution in [0.25, 0.3) is 4.72 Å². The van der Waals surface area contributed by atoms with Crippen LogP contribution in [0.15, 0.2) is 6.07 Å². The smallest absolute Gasteiger partial charge is 0.423 e. The van der Waals surface area contributed by atoms with E-state index in [2.05, 4.69) is 16.1 Å². The van der Waals surface area contributed by atoms with E-state index in [-0.39, 0.29) is 58.0 Å². The van der Waals surface area contributed by atoms with E-state index in [9.17, 15) is 13.2 Å². The summed E-state index contributed by atoms with van der Waals surface area (Å²) in [6, 6.07) is 1.47. The van der Waals surface area contributed by atoms with Gasteiger partial charge in [0, 0.05) is 19.6 Å². The minimum absolute atomic E-state index is 0. The molecule has 3 aliphatic rings. The number of hydrogen-bond donors (Lipinski definition) is 2. The van der Waals surface area contributed by atoms with Gasteiger partial charge in [-0.1, -0.05) is 6.07 Å². The molecule has 0 atom stereocenters. The number of amides is 2. The van der Waals surface area contributed by atoms with Crippen LogP contribution in [0.2, 0.25) is 0 Å². The maximum absolute atomic E-state index is 12.4. The van der Waals surface area contributed by atoms with Crippen molar-refractivity contribution < 1.29 is 69.7 Å². The number of hydrogen-bond acceptors (Lipinski definition) is 5. The molecular formula is C18H24KN3O4S. The van der Waals surface area contributed by atoms with Crippen LogP contribution in [-0.4, -0.2) is 55.9 Å². The first kappa shape index (κ1) is 21.7. The molecule has 2 aliphatic carbocycles. The first-order valence-electron chi connectivity index (χ1n) is 9.25. The normalized spacial score (nSPS) is 19.0. The number of nitrogens with zero attached hydrogens (tertiary/aromatic N) is 2. The Morgan fingerprint density at radius 2 is 1.74 bits per heavy atom. The van der Waals surface area contributed by atoms with Crippen molar-refractivity contribution in [2.24, 2.45) is 0 Å². The second-order valence-electron chi connectivity index (χ2n) is 7.38. The SMILES string of the molecule is O=C([N-]S(=O)(=O)C1CN(CCO)C1)Nc1c2c(cc3c1CCC3)CCC2.[K+]. The minimum Gasteiger partial charge on any atom is -0.423 e. The van der Waals surface area contributed by atoms with Crippen LogP contribution < -0.4 is 56.7 Å². The van der Waals surface area contributed by atoms with Crippen molar-refractivity contribution in [2.75, 3.05) is 31.6 Å². The first-order valence-corrected chi connectivity index (χ1v) is 10.8. The van der Waals surface area contributed by atoms with E-state index in [1.54, 1.807) is 0 Å². The zero-order chi connectivity index (χ0) is 18.3. The number of aliphatic hydroxyl groups is 1. The monoisotopic (exact) mass is 417 g/mol. The summed E-state index contributed by atoms with van der Waals surface area (Å²) in [5.41, 5.74) is 5.69. The number of nitrogens with one attached hydrogen (secondary N) is 1. The molecule has 1 heterocycles. The molecular weight excluding hydrogens is 393 g/mol. The van der Waals surface area contributed by atoms with Crippen LogP contribution in [0, 0.1) is 0 Å². The van der Waals surface area contributed by atoms with Gasteiger partial charge >= 0.3 is 51.4 Å². The summed E-state index contributed by atoms with van der Waals surface area (Å²) in [4.78, 5) is 14.2. The standard InChI is InChI=1S/C18H25N3O4S.K/c22-8-7-21-10-14(11-21)26(24,25)20-18(23)19-17-15-5-1-3-12(15)9-13-4-2-6-16(13)17;/h9,14,22H,1-8,10-11H2,(H2,19,20,23);/q;+1/p-1. The molecule has 0 unspecified atom stereocenters. The summed E-state index contributed by atoms with van der Waals surface area (Å²) >= 11 is 0. The van der Waals surface area contributed by atoms with Crippen molar-refractivity contribution in [1.82, 2.24) is 4.90 Å². The summed E-state index contributed by atoms with van der Waals surface area (Å²) in [5, 5.41) is 11.0. The fourth-order valence-corrected chi connectivity index (χ4v) is 5.55. The maximum atomic E-state index is 12.4. The number of β-amino-alcohol motifs (C(OH)–C–C–N with tert-alkyl or cyclic N) is 1. The van der Waals surface area contributed by atoms with E-state index >= 15 is 0 Å². The summed E-state index contributed by atoms with van der Waals surface area (Å²) in [6.07, 6.45) is 6.01. The van der Waals surface area contributed by atoms with Gasteiger partial charge in [-0.05, 0) is 66.5 Å². The Morgan fingerprint density at radius 1 is 1.15 bits per heavy atom. The molecule has 1 aromatic carbocycles. The van der Waals surface area contributed by atoms with Crippen molar-refractivity contribution in [3.63, 3.8) is 0 Å². The van der Waals surface area contributed by atoms with Crippen LogP contribution in [-0.2, 0) is 35.7 Å². The Balaban J connectivity index is 0.00000210. The van der Waals surface area contributed by atoms with Crippen molar-refractivity contribution in [3.05, 3.63) is 33.0 Å². The molecule has 2 N–H and O–H groups in total. The van der Waals surface area contributed by atoms with E-state index < -0.39 is 21.3 Å². The zero-order valence-corrected chi connectivity index (χ0v) is 19.6.